The summed E-state index contributed by atoms with van der Waals surface area (Å²) in [5.41, 5.74) is 5.34. The number of hydrogen-bond acceptors (Lipinski definition) is 5. The SMILES string of the molecule is CC(C)(N)CNC(=O)CCS(=O)c1ccc2c(c1)OCCO2.Cl. The first-order valence-corrected chi connectivity index (χ1v) is 8.51. The topological polar surface area (TPSA) is 90.7 Å². The summed E-state index contributed by atoms with van der Waals surface area (Å²) in [6.45, 7) is 5.07. The molecule has 1 aliphatic rings. The van der Waals surface area contributed by atoms with E-state index >= 15 is 0 Å². The lowest BCUT2D eigenvalue weighted by Crippen LogP contribution is -2.45. The predicted octanol–water partition coefficient (Wildman–Crippen LogP) is 1.23. The number of carbonyl (C=O) groups excluding carboxylic acids is 1. The largest absolute Gasteiger partial charge is 0.486 e. The first kappa shape index (κ1) is 19.7. The first-order chi connectivity index (χ1) is 10.3. The molecule has 0 spiro atoms. The van der Waals surface area contributed by atoms with Crippen molar-refractivity contribution >= 4 is 29.1 Å². The van der Waals surface area contributed by atoms with Gasteiger partial charge in [0, 0.05) is 35.2 Å². The van der Waals surface area contributed by atoms with Crippen molar-refractivity contribution in [1.29, 1.82) is 0 Å². The molecule has 0 saturated heterocycles. The Balaban J connectivity index is 0.00000264. The highest BCUT2D eigenvalue weighted by Crippen LogP contribution is 2.31. The second kappa shape index (κ2) is 8.52. The summed E-state index contributed by atoms with van der Waals surface area (Å²) in [5.74, 6) is 1.38. The zero-order valence-corrected chi connectivity index (χ0v) is 14.9. The molecule has 1 heterocycles. The van der Waals surface area contributed by atoms with Crippen LogP contribution in [0.1, 0.15) is 20.3 Å². The highest BCUT2D eigenvalue weighted by atomic mass is 35.5. The normalized spacial score (nSPS) is 14.6. The van der Waals surface area contributed by atoms with Crippen molar-refractivity contribution in [3.8, 4) is 11.5 Å². The fraction of sp³-hybridized carbons (Fsp3) is 0.533. The van der Waals surface area contributed by atoms with Gasteiger partial charge in [0.1, 0.15) is 13.2 Å². The van der Waals surface area contributed by atoms with Gasteiger partial charge in [0.2, 0.25) is 5.91 Å². The third kappa shape index (κ3) is 6.37. The molecule has 3 N–H and O–H groups in total. The number of rotatable bonds is 6. The van der Waals surface area contributed by atoms with Gasteiger partial charge >= 0.3 is 0 Å². The van der Waals surface area contributed by atoms with E-state index in [2.05, 4.69) is 5.32 Å². The Morgan fingerprint density at radius 3 is 2.61 bits per heavy atom. The molecule has 1 amide bonds. The Morgan fingerprint density at radius 2 is 1.96 bits per heavy atom. The van der Waals surface area contributed by atoms with E-state index in [1.54, 1.807) is 18.2 Å². The molecule has 0 aliphatic carbocycles. The monoisotopic (exact) mass is 362 g/mol. The molecule has 1 aromatic rings. The average Bonchev–Trinajstić information content (AvgIpc) is 2.49. The van der Waals surface area contributed by atoms with E-state index < -0.39 is 16.3 Å². The zero-order valence-electron chi connectivity index (χ0n) is 13.3. The van der Waals surface area contributed by atoms with E-state index in [1.165, 1.54) is 0 Å². The van der Waals surface area contributed by atoms with Crippen molar-refractivity contribution in [2.45, 2.75) is 30.7 Å². The minimum atomic E-state index is -1.25. The van der Waals surface area contributed by atoms with Crippen LogP contribution in [0.3, 0.4) is 0 Å². The molecule has 6 nitrogen and oxygen atoms in total. The minimum Gasteiger partial charge on any atom is -0.486 e. The van der Waals surface area contributed by atoms with Crippen molar-refractivity contribution in [2.75, 3.05) is 25.5 Å². The Labute approximate surface area is 145 Å². The van der Waals surface area contributed by atoms with Crippen LogP contribution in [-0.2, 0) is 15.6 Å². The van der Waals surface area contributed by atoms with Crippen LogP contribution in [0.25, 0.3) is 0 Å². The summed E-state index contributed by atoms with van der Waals surface area (Å²) in [6.07, 6.45) is 0.192. The number of halogens is 1. The second-order valence-corrected chi connectivity index (χ2v) is 7.44. The number of nitrogens with one attached hydrogen (secondary N) is 1. The fourth-order valence-corrected chi connectivity index (χ4v) is 2.95. The van der Waals surface area contributed by atoms with Crippen LogP contribution in [0.5, 0.6) is 11.5 Å². The van der Waals surface area contributed by atoms with E-state index in [9.17, 15) is 9.00 Å². The molecule has 1 unspecified atom stereocenters. The van der Waals surface area contributed by atoms with E-state index in [0.29, 0.717) is 36.2 Å². The quantitative estimate of drug-likeness (QED) is 0.794. The molecule has 0 saturated carbocycles. The number of nitrogens with two attached hydrogens (primary N) is 1. The molecular formula is C15H23ClN2O4S. The number of fused-ring (bicyclic) bond motifs is 1. The van der Waals surface area contributed by atoms with E-state index in [0.717, 1.165) is 0 Å². The average molecular weight is 363 g/mol. The van der Waals surface area contributed by atoms with Gasteiger partial charge in [0.25, 0.3) is 0 Å². The van der Waals surface area contributed by atoms with Crippen LogP contribution in [0.4, 0.5) is 0 Å². The maximum atomic E-state index is 12.2. The van der Waals surface area contributed by atoms with Crippen LogP contribution < -0.4 is 20.5 Å². The smallest absolute Gasteiger partial charge is 0.220 e. The molecule has 0 bridgehead atoms. The highest BCUT2D eigenvalue weighted by Gasteiger charge is 2.16. The first-order valence-electron chi connectivity index (χ1n) is 7.19. The van der Waals surface area contributed by atoms with Gasteiger partial charge in [-0.25, -0.2) is 0 Å². The van der Waals surface area contributed by atoms with Crippen LogP contribution >= 0.6 is 12.4 Å². The number of hydrogen-bond donors (Lipinski definition) is 2. The summed E-state index contributed by atoms with van der Waals surface area (Å²) in [4.78, 5) is 12.3. The van der Waals surface area contributed by atoms with Crippen LogP contribution in [0.2, 0.25) is 0 Å². The Bertz CT molecular complexity index is 575. The van der Waals surface area contributed by atoms with E-state index in [4.69, 9.17) is 15.2 Å². The molecule has 2 rings (SSSR count). The van der Waals surface area contributed by atoms with Crippen molar-refractivity contribution in [3.63, 3.8) is 0 Å². The molecule has 0 fully saturated rings. The maximum absolute atomic E-state index is 12.2. The van der Waals surface area contributed by atoms with Gasteiger partial charge in [-0.1, -0.05) is 0 Å². The third-order valence-corrected chi connectivity index (χ3v) is 4.39. The van der Waals surface area contributed by atoms with E-state index in [-0.39, 0.29) is 30.5 Å². The number of benzene rings is 1. The molecule has 23 heavy (non-hydrogen) atoms. The Kier molecular flexibility index (Phi) is 7.31. The molecule has 0 radical (unpaired) electrons. The van der Waals surface area contributed by atoms with Crippen molar-refractivity contribution in [2.24, 2.45) is 5.73 Å². The Morgan fingerprint density at radius 1 is 1.30 bits per heavy atom. The van der Waals surface area contributed by atoms with Gasteiger partial charge in [-0.2, -0.15) is 0 Å². The van der Waals surface area contributed by atoms with Gasteiger partial charge in [-0.15, -0.1) is 12.4 Å². The lowest BCUT2D eigenvalue weighted by molar-refractivity contribution is -0.120. The summed E-state index contributed by atoms with van der Waals surface area (Å²) >= 11 is 0. The summed E-state index contributed by atoms with van der Waals surface area (Å²) in [7, 11) is -1.25. The molecule has 1 aliphatic heterocycles. The molecule has 8 heteroatoms. The molecular weight excluding hydrogens is 340 g/mol. The lowest BCUT2D eigenvalue weighted by atomic mass is 10.1. The number of carbonyl (C=O) groups is 1. The van der Waals surface area contributed by atoms with Crippen LogP contribution in [-0.4, -0.2) is 41.2 Å². The van der Waals surface area contributed by atoms with Crippen LogP contribution in [0, 0.1) is 0 Å². The van der Waals surface area contributed by atoms with E-state index in [1.807, 2.05) is 13.8 Å². The van der Waals surface area contributed by atoms with Gasteiger partial charge in [0.15, 0.2) is 11.5 Å². The lowest BCUT2D eigenvalue weighted by Gasteiger charge is -2.19. The molecule has 0 aromatic heterocycles. The fourth-order valence-electron chi connectivity index (χ4n) is 1.88. The number of amides is 1. The zero-order chi connectivity index (χ0) is 16.2. The standard InChI is InChI=1S/C15H22N2O4S.ClH/c1-15(2,16)10-17-14(18)5-8-22(19)11-3-4-12-13(9-11)21-7-6-20-12;/h3-4,9H,5-8,10,16H2,1-2H3,(H,17,18);1H. The molecule has 1 atom stereocenters. The summed E-state index contributed by atoms with van der Waals surface area (Å²) in [5, 5.41) is 2.74. The van der Waals surface area contributed by atoms with Gasteiger partial charge in [-0.3, -0.25) is 9.00 Å². The highest BCUT2D eigenvalue weighted by molar-refractivity contribution is 7.85. The minimum absolute atomic E-state index is 0. The van der Waals surface area contributed by atoms with Crippen molar-refractivity contribution in [3.05, 3.63) is 18.2 Å². The molecule has 130 valence electrons. The number of ether oxygens (including phenoxy) is 2. The van der Waals surface area contributed by atoms with Gasteiger partial charge in [0.05, 0.1) is 10.8 Å². The van der Waals surface area contributed by atoms with Crippen molar-refractivity contribution in [1.82, 2.24) is 5.32 Å². The molecule has 1 aromatic carbocycles. The maximum Gasteiger partial charge on any atom is 0.220 e. The second-order valence-electron chi connectivity index (χ2n) is 5.87. The Hall–Kier alpha value is -1.31. The van der Waals surface area contributed by atoms with Gasteiger partial charge < -0.3 is 20.5 Å². The van der Waals surface area contributed by atoms with Crippen LogP contribution in [0.15, 0.2) is 23.1 Å². The predicted molar refractivity (Wildman–Crippen MR) is 91.8 cm³/mol. The van der Waals surface area contributed by atoms with Gasteiger partial charge in [-0.05, 0) is 26.0 Å². The summed E-state index contributed by atoms with van der Waals surface area (Å²) < 4.78 is 23.1. The van der Waals surface area contributed by atoms with Crippen molar-refractivity contribution < 1.29 is 18.5 Å². The summed E-state index contributed by atoms with van der Waals surface area (Å²) in [6, 6.07) is 5.20. The third-order valence-electron chi connectivity index (χ3n) is 3.03.